The van der Waals surface area contributed by atoms with Gasteiger partial charge in [0.1, 0.15) is 5.75 Å². The molecule has 21 heavy (non-hydrogen) atoms. The molecule has 112 valence electrons. The first-order valence-electron chi connectivity index (χ1n) is 6.40. The molecule has 0 radical (unpaired) electrons. The molecule has 2 N–H and O–H groups in total. The normalized spacial score (nSPS) is 12.3. The molecule has 1 unspecified atom stereocenters. The predicted octanol–water partition coefficient (Wildman–Crippen LogP) is 5.03. The Morgan fingerprint density at radius 3 is 2.43 bits per heavy atom. The van der Waals surface area contributed by atoms with Crippen LogP contribution in [0, 0.1) is 6.92 Å². The number of benzene rings is 1. The highest BCUT2D eigenvalue weighted by molar-refractivity contribution is 6.43. The van der Waals surface area contributed by atoms with Crippen molar-refractivity contribution < 1.29 is 4.74 Å². The first kappa shape index (κ1) is 16.4. The van der Waals surface area contributed by atoms with Crippen LogP contribution in [0.4, 0.5) is 0 Å². The number of hydrogen-bond donors (Lipinski definition) is 1. The second-order valence-electron chi connectivity index (χ2n) is 4.95. The zero-order valence-corrected chi connectivity index (χ0v) is 13.9. The summed E-state index contributed by atoms with van der Waals surface area (Å²) in [5.74, 6) is 0.894. The Bertz CT molecular complexity index is 660. The van der Waals surface area contributed by atoms with E-state index in [1.807, 2.05) is 19.9 Å². The summed E-state index contributed by atoms with van der Waals surface area (Å²) in [6, 6.07) is 5.20. The number of nitrogens with zero attached hydrogens (tertiary/aromatic N) is 1. The lowest BCUT2D eigenvalue weighted by Gasteiger charge is -2.12. The van der Waals surface area contributed by atoms with Crippen molar-refractivity contribution >= 4 is 34.8 Å². The molecular weight excluding hydrogens is 331 g/mol. The van der Waals surface area contributed by atoms with Crippen LogP contribution in [0.3, 0.4) is 0 Å². The fraction of sp³-hybridized carbons (Fsp3) is 0.267. The maximum absolute atomic E-state index is 6.09. The van der Waals surface area contributed by atoms with Crippen LogP contribution < -0.4 is 10.5 Å². The summed E-state index contributed by atoms with van der Waals surface area (Å²) < 4.78 is 5.72. The van der Waals surface area contributed by atoms with Crippen molar-refractivity contribution in [1.82, 2.24) is 4.98 Å². The average molecular weight is 346 g/mol. The van der Waals surface area contributed by atoms with Crippen LogP contribution in [-0.2, 0) is 6.42 Å². The largest absolute Gasteiger partial charge is 0.437 e. The fourth-order valence-electron chi connectivity index (χ4n) is 1.90. The number of nitrogens with two attached hydrogens (primary N) is 1. The van der Waals surface area contributed by atoms with E-state index in [9.17, 15) is 0 Å². The number of aryl methyl sites for hydroxylation is 1. The van der Waals surface area contributed by atoms with Crippen LogP contribution >= 0.6 is 34.8 Å². The van der Waals surface area contributed by atoms with E-state index in [0.717, 1.165) is 17.5 Å². The van der Waals surface area contributed by atoms with Crippen LogP contribution in [0.15, 0.2) is 24.4 Å². The van der Waals surface area contributed by atoms with E-state index in [1.54, 1.807) is 18.3 Å². The Labute approximate surface area is 139 Å². The molecule has 0 saturated carbocycles. The maximum Gasteiger partial charge on any atom is 0.222 e. The zero-order chi connectivity index (χ0) is 15.6. The standard InChI is InChI=1S/C15H15Cl3N2O/c1-8-3-10(4-9(2)19)7-20-15(8)21-14-6-12(17)11(16)5-13(14)18/h3,5-7,9H,4,19H2,1-2H3. The third-order valence-corrected chi connectivity index (χ3v) is 3.84. The highest BCUT2D eigenvalue weighted by atomic mass is 35.5. The summed E-state index contributed by atoms with van der Waals surface area (Å²) in [6.45, 7) is 3.87. The SMILES string of the molecule is Cc1cc(CC(C)N)cnc1Oc1cc(Cl)c(Cl)cc1Cl. The van der Waals surface area contributed by atoms with Gasteiger partial charge in [0.05, 0.1) is 15.1 Å². The number of rotatable bonds is 4. The average Bonchev–Trinajstić information content (AvgIpc) is 2.38. The van der Waals surface area contributed by atoms with Crippen LogP contribution in [0.2, 0.25) is 15.1 Å². The number of ether oxygens (including phenoxy) is 1. The Hall–Kier alpha value is -1.000. The number of hydrogen-bond acceptors (Lipinski definition) is 3. The molecule has 0 amide bonds. The molecule has 0 aliphatic heterocycles. The summed E-state index contributed by atoms with van der Waals surface area (Å²) in [5.41, 5.74) is 7.75. The minimum Gasteiger partial charge on any atom is -0.437 e. The van der Waals surface area contributed by atoms with Crippen molar-refractivity contribution in [3.63, 3.8) is 0 Å². The Kier molecular flexibility index (Phi) is 5.33. The van der Waals surface area contributed by atoms with Crippen molar-refractivity contribution in [1.29, 1.82) is 0 Å². The molecule has 0 aliphatic rings. The first-order chi connectivity index (χ1) is 9.86. The quantitative estimate of drug-likeness (QED) is 0.790. The monoisotopic (exact) mass is 344 g/mol. The van der Waals surface area contributed by atoms with Crippen LogP contribution in [0.5, 0.6) is 11.6 Å². The lowest BCUT2D eigenvalue weighted by molar-refractivity contribution is 0.458. The third-order valence-electron chi connectivity index (χ3n) is 2.83. The van der Waals surface area contributed by atoms with E-state index < -0.39 is 0 Å². The fourth-order valence-corrected chi connectivity index (χ4v) is 2.47. The summed E-state index contributed by atoms with van der Waals surface area (Å²) in [4.78, 5) is 4.31. The van der Waals surface area contributed by atoms with Crippen molar-refractivity contribution in [2.24, 2.45) is 5.73 Å². The Balaban J connectivity index is 2.26. The van der Waals surface area contributed by atoms with Gasteiger partial charge in [0.2, 0.25) is 5.88 Å². The molecule has 1 atom stereocenters. The molecule has 1 aromatic carbocycles. The number of halogens is 3. The summed E-state index contributed by atoms with van der Waals surface area (Å²) in [5, 5.41) is 1.14. The van der Waals surface area contributed by atoms with E-state index in [2.05, 4.69) is 4.98 Å². The minimum absolute atomic E-state index is 0.0856. The third kappa shape index (κ3) is 4.24. The van der Waals surface area contributed by atoms with Gasteiger partial charge in [0.15, 0.2) is 0 Å². The molecular formula is C15H15Cl3N2O. The van der Waals surface area contributed by atoms with E-state index in [0.29, 0.717) is 26.7 Å². The molecule has 0 fully saturated rings. The van der Waals surface area contributed by atoms with E-state index >= 15 is 0 Å². The van der Waals surface area contributed by atoms with Gasteiger partial charge in [-0.25, -0.2) is 4.98 Å². The molecule has 0 saturated heterocycles. The number of pyridine rings is 1. The van der Waals surface area contributed by atoms with Gasteiger partial charge in [-0.05, 0) is 38.0 Å². The van der Waals surface area contributed by atoms with Gasteiger partial charge >= 0.3 is 0 Å². The lowest BCUT2D eigenvalue weighted by atomic mass is 10.1. The molecule has 0 bridgehead atoms. The van der Waals surface area contributed by atoms with Gasteiger partial charge in [-0.3, -0.25) is 0 Å². The molecule has 1 aromatic heterocycles. The summed E-state index contributed by atoms with van der Waals surface area (Å²) in [6.07, 6.45) is 2.51. The highest BCUT2D eigenvalue weighted by Crippen LogP contribution is 2.36. The van der Waals surface area contributed by atoms with Crippen LogP contribution in [0.1, 0.15) is 18.1 Å². The topological polar surface area (TPSA) is 48.1 Å². The number of aromatic nitrogens is 1. The first-order valence-corrected chi connectivity index (χ1v) is 7.53. The van der Waals surface area contributed by atoms with Crippen molar-refractivity contribution in [3.8, 4) is 11.6 Å². The van der Waals surface area contributed by atoms with Gasteiger partial charge in [0.25, 0.3) is 0 Å². The molecule has 2 rings (SSSR count). The zero-order valence-electron chi connectivity index (χ0n) is 11.7. The van der Waals surface area contributed by atoms with E-state index in [-0.39, 0.29) is 6.04 Å². The van der Waals surface area contributed by atoms with Gasteiger partial charge in [0, 0.05) is 23.9 Å². The van der Waals surface area contributed by atoms with Crippen molar-refractivity contribution in [2.75, 3.05) is 0 Å². The summed E-state index contributed by atoms with van der Waals surface area (Å²) >= 11 is 18.0. The van der Waals surface area contributed by atoms with E-state index in [4.69, 9.17) is 45.3 Å². The molecule has 0 spiro atoms. The Morgan fingerprint density at radius 2 is 1.81 bits per heavy atom. The van der Waals surface area contributed by atoms with E-state index in [1.165, 1.54) is 0 Å². The highest BCUT2D eigenvalue weighted by Gasteiger charge is 2.11. The van der Waals surface area contributed by atoms with Crippen molar-refractivity contribution in [2.45, 2.75) is 26.3 Å². The Morgan fingerprint density at radius 1 is 1.14 bits per heavy atom. The minimum atomic E-state index is 0.0856. The second-order valence-corrected chi connectivity index (χ2v) is 6.17. The molecule has 6 heteroatoms. The molecule has 1 heterocycles. The van der Waals surface area contributed by atoms with Gasteiger partial charge < -0.3 is 10.5 Å². The van der Waals surface area contributed by atoms with Gasteiger partial charge in [-0.2, -0.15) is 0 Å². The van der Waals surface area contributed by atoms with Gasteiger partial charge in [-0.15, -0.1) is 0 Å². The maximum atomic E-state index is 6.09. The lowest BCUT2D eigenvalue weighted by Crippen LogP contribution is -2.17. The smallest absolute Gasteiger partial charge is 0.222 e. The molecule has 0 aliphatic carbocycles. The molecule has 3 nitrogen and oxygen atoms in total. The van der Waals surface area contributed by atoms with Crippen molar-refractivity contribution in [3.05, 3.63) is 50.6 Å². The molecule has 2 aromatic rings. The van der Waals surface area contributed by atoms with Gasteiger partial charge in [-0.1, -0.05) is 34.8 Å². The second kappa shape index (κ2) is 6.84. The predicted molar refractivity (Wildman–Crippen MR) is 87.9 cm³/mol. The van der Waals surface area contributed by atoms with Crippen LogP contribution in [0.25, 0.3) is 0 Å². The summed E-state index contributed by atoms with van der Waals surface area (Å²) in [7, 11) is 0. The van der Waals surface area contributed by atoms with Crippen LogP contribution in [-0.4, -0.2) is 11.0 Å².